The van der Waals surface area contributed by atoms with Gasteiger partial charge in [0, 0.05) is 18.5 Å². The molecule has 1 aromatic heterocycles. The zero-order chi connectivity index (χ0) is 23.1. The highest BCUT2D eigenvalue weighted by Crippen LogP contribution is 2.29. The zero-order valence-corrected chi connectivity index (χ0v) is 19.1. The van der Waals surface area contributed by atoms with Gasteiger partial charge in [-0.2, -0.15) is 4.98 Å². The Labute approximate surface area is 187 Å². The molecule has 0 aliphatic heterocycles. The summed E-state index contributed by atoms with van der Waals surface area (Å²) in [5, 5.41) is 6.65. The molecule has 0 atom stereocenters. The minimum Gasteiger partial charge on any atom is -0.495 e. The number of carbonyl (C=O) groups is 1. The largest absolute Gasteiger partial charge is 0.495 e. The summed E-state index contributed by atoms with van der Waals surface area (Å²) in [5.74, 6) is 0.951. The number of sulfonamides is 1. The van der Waals surface area contributed by atoms with E-state index in [1.807, 2.05) is 31.2 Å². The van der Waals surface area contributed by atoms with Crippen LogP contribution in [-0.2, 0) is 21.4 Å². The highest BCUT2D eigenvalue weighted by Gasteiger charge is 2.21. The average molecular weight is 459 g/mol. The average Bonchev–Trinajstić information content (AvgIpc) is 3.24. The summed E-state index contributed by atoms with van der Waals surface area (Å²) in [7, 11) is -2.06. The fourth-order valence-electron chi connectivity index (χ4n) is 3.09. The van der Waals surface area contributed by atoms with Gasteiger partial charge in [0.05, 0.1) is 25.6 Å². The van der Waals surface area contributed by atoms with Gasteiger partial charge in [-0.15, -0.1) is 0 Å². The topological polar surface area (TPSA) is 115 Å². The normalized spacial score (nSPS) is 11.2. The van der Waals surface area contributed by atoms with Crippen molar-refractivity contribution in [2.45, 2.75) is 26.3 Å². The lowest BCUT2D eigenvalue weighted by atomic mass is 10.1. The lowest BCUT2D eigenvalue weighted by Gasteiger charge is -2.24. The van der Waals surface area contributed by atoms with Crippen molar-refractivity contribution >= 4 is 21.6 Å². The molecule has 1 amide bonds. The van der Waals surface area contributed by atoms with Crippen molar-refractivity contribution in [3.05, 3.63) is 60.0 Å². The van der Waals surface area contributed by atoms with Crippen molar-refractivity contribution in [2.75, 3.05) is 24.2 Å². The van der Waals surface area contributed by atoms with Crippen LogP contribution < -0.4 is 14.4 Å². The molecular formula is C22H26N4O5S. The second-order valence-corrected chi connectivity index (χ2v) is 9.17. The molecule has 0 saturated heterocycles. The maximum absolute atomic E-state index is 12.3. The van der Waals surface area contributed by atoms with E-state index in [4.69, 9.17) is 9.26 Å². The van der Waals surface area contributed by atoms with Gasteiger partial charge in [0.25, 0.3) is 0 Å². The quantitative estimate of drug-likeness (QED) is 0.497. The van der Waals surface area contributed by atoms with Crippen LogP contribution in [0, 0.1) is 6.92 Å². The fraction of sp³-hybridized carbons (Fsp3) is 0.318. The van der Waals surface area contributed by atoms with Crippen molar-refractivity contribution in [1.82, 2.24) is 15.5 Å². The van der Waals surface area contributed by atoms with Crippen LogP contribution in [0.25, 0.3) is 11.4 Å². The molecular weight excluding hydrogens is 432 g/mol. The molecule has 3 aromatic rings. The molecule has 1 N–H and O–H groups in total. The number of benzene rings is 2. The molecule has 1 heterocycles. The van der Waals surface area contributed by atoms with Crippen LogP contribution in [0.5, 0.6) is 5.75 Å². The number of para-hydroxylation sites is 2. The SMILES string of the molecule is COc1ccccc1N(CCCC(=O)NCc1nc(-c2ccc(C)cc2)no1)S(C)(=O)=O. The van der Waals surface area contributed by atoms with E-state index in [1.54, 1.807) is 24.3 Å². The first-order valence-corrected chi connectivity index (χ1v) is 11.9. The van der Waals surface area contributed by atoms with Crippen molar-refractivity contribution in [3.8, 4) is 17.1 Å². The smallest absolute Gasteiger partial charge is 0.246 e. The van der Waals surface area contributed by atoms with Crippen molar-refractivity contribution in [2.24, 2.45) is 0 Å². The number of aryl methyl sites for hydroxylation is 1. The molecule has 10 heteroatoms. The maximum atomic E-state index is 12.3. The van der Waals surface area contributed by atoms with Gasteiger partial charge in [0.15, 0.2) is 0 Å². The van der Waals surface area contributed by atoms with Crippen molar-refractivity contribution in [3.63, 3.8) is 0 Å². The first-order chi connectivity index (χ1) is 15.3. The number of carbonyl (C=O) groups excluding carboxylic acids is 1. The Morgan fingerprint density at radius 3 is 2.56 bits per heavy atom. The standard InChI is InChI=1S/C22H26N4O5S/c1-16-10-12-17(13-11-16)22-24-21(31-25-22)15-23-20(27)9-6-14-26(32(3,28)29)18-7-4-5-8-19(18)30-2/h4-5,7-8,10-13H,6,9,14-15H2,1-3H3,(H,23,27). The Morgan fingerprint density at radius 1 is 1.16 bits per heavy atom. The first kappa shape index (κ1) is 23.3. The molecule has 0 unspecified atom stereocenters. The van der Waals surface area contributed by atoms with Gasteiger partial charge in [-0.25, -0.2) is 8.42 Å². The van der Waals surface area contributed by atoms with Gasteiger partial charge >= 0.3 is 0 Å². The Bertz CT molecular complexity index is 1160. The number of hydrogen-bond donors (Lipinski definition) is 1. The Hall–Kier alpha value is -3.40. The van der Waals surface area contributed by atoms with Crippen LogP contribution in [0.3, 0.4) is 0 Å². The van der Waals surface area contributed by atoms with Gasteiger partial charge in [-0.1, -0.05) is 47.1 Å². The molecule has 0 saturated carbocycles. The summed E-state index contributed by atoms with van der Waals surface area (Å²) in [6, 6.07) is 14.6. The predicted molar refractivity (Wildman–Crippen MR) is 121 cm³/mol. The number of hydrogen-bond acceptors (Lipinski definition) is 7. The monoisotopic (exact) mass is 458 g/mol. The second-order valence-electron chi connectivity index (χ2n) is 7.27. The highest BCUT2D eigenvalue weighted by molar-refractivity contribution is 7.92. The Kier molecular flexibility index (Phi) is 7.47. The number of methoxy groups -OCH3 is 1. The summed E-state index contributed by atoms with van der Waals surface area (Å²) in [5.41, 5.74) is 2.39. The minimum absolute atomic E-state index is 0.0972. The molecule has 9 nitrogen and oxygen atoms in total. The fourth-order valence-corrected chi connectivity index (χ4v) is 4.06. The molecule has 0 aliphatic carbocycles. The zero-order valence-electron chi connectivity index (χ0n) is 18.2. The minimum atomic E-state index is -3.54. The lowest BCUT2D eigenvalue weighted by molar-refractivity contribution is -0.121. The molecule has 170 valence electrons. The number of aromatic nitrogens is 2. The number of amides is 1. The lowest BCUT2D eigenvalue weighted by Crippen LogP contribution is -2.32. The number of nitrogens with one attached hydrogen (secondary N) is 1. The third-order valence-corrected chi connectivity index (χ3v) is 5.91. The number of nitrogens with zero attached hydrogens (tertiary/aromatic N) is 3. The van der Waals surface area contributed by atoms with E-state index >= 15 is 0 Å². The van der Waals surface area contributed by atoms with E-state index in [0.29, 0.717) is 29.6 Å². The van der Waals surface area contributed by atoms with Gasteiger partial charge in [0.1, 0.15) is 5.75 Å². The molecule has 0 spiro atoms. The van der Waals surface area contributed by atoms with Crippen LogP contribution in [0.1, 0.15) is 24.3 Å². The summed E-state index contributed by atoms with van der Waals surface area (Å²) >= 11 is 0. The van der Waals surface area contributed by atoms with Crippen LogP contribution in [-0.4, -0.2) is 44.4 Å². The van der Waals surface area contributed by atoms with Crippen LogP contribution in [0.2, 0.25) is 0 Å². The second kappa shape index (κ2) is 10.3. The summed E-state index contributed by atoms with van der Waals surface area (Å²) in [4.78, 5) is 16.5. The molecule has 0 aliphatic rings. The summed E-state index contributed by atoms with van der Waals surface area (Å²) in [6.07, 6.45) is 1.59. The number of rotatable bonds is 10. The van der Waals surface area contributed by atoms with Crippen LogP contribution in [0.15, 0.2) is 53.1 Å². The van der Waals surface area contributed by atoms with Crippen LogP contribution in [0.4, 0.5) is 5.69 Å². The Morgan fingerprint density at radius 2 is 1.88 bits per heavy atom. The number of ether oxygens (including phenoxy) is 1. The van der Waals surface area contributed by atoms with E-state index in [9.17, 15) is 13.2 Å². The molecule has 0 radical (unpaired) electrons. The van der Waals surface area contributed by atoms with Gasteiger partial charge in [-0.05, 0) is 25.5 Å². The van der Waals surface area contributed by atoms with Gasteiger partial charge in [-0.3, -0.25) is 9.10 Å². The third-order valence-electron chi connectivity index (χ3n) is 4.73. The van der Waals surface area contributed by atoms with Gasteiger partial charge < -0.3 is 14.6 Å². The predicted octanol–water partition coefficient (Wildman–Crippen LogP) is 2.92. The van der Waals surface area contributed by atoms with E-state index in [0.717, 1.165) is 17.4 Å². The number of anilines is 1. The van der Waals surface area contributed by atoms with Crippen LogP contribution >= 0.6 is 0 Å². The molecule has 32 heavy (non-hydrogen) atoms. The summed E-state index contributed by atoms with van der Waals surface area (Å²) in [6.45, 7) is 2.23. The van der Waals surface area contributed by atoms with E-state index < -0.39 is 10.0 Å². The highest BCUT2D eigenvalue weighted by atomic mass is 32.2. The van der Waals surface area contributed by atoms with Gasteiger partial charge in [0.2, 0.25) is 27.6 Å². The first-order valence-electron chi connectivity index (χ1n) is 10.0. The van der Waals surface area contributed by atoms with Crippen molar-refractivity contribution < 1.29 is 22.5 Å². The molecule has 3 rings (SSSR count). The van der Waals surface area contributed by atoms with Crippen molar-refractivity contribution in [1.29, 1.82) is 0 Å². The van der Waals surface area contributed by atoms with E-state index in [-0.39, 0.29) is 25.4 Å². The van der Waals surface area contributed by atoms with E-state index in [2.05, 4.69) is 15.5 Å². The summed E-state index contributed by atoms with van der Waals surface area (Å²) < 4.78 is 36.2. The molecule has 0 bridgehead atoms. The molecule has 2 aromatic carbocycles. The Balaban J connectivity index is 1.52. The van der Waals surface area contributed by atoms with E-state index in [1.165, 1.54) is 11.4 Å². The molecule has 0 fully saturated rings. The third kappa shape index (κ3) is 6.07. The maximum Gasteiger partial charge on any atom is 0.246 e.